The minimum Gasteiger partial charge on any atom is -0.487 e. The zero-order valence-corrected chi connectivity index (χ0v) is 10.2. The van der Waals surface area contributed by atoms with Gasteiger partial charge < -0.3 is 9.84 Å². The van der Waals surface area contributed by atoms with E-state index in [-0.39, 0.29) is 13.2 Å². The van der Waals surface area contributed by atoms with Crippen molar-refractivity contribution in [1.82, 2.24) is 4.98 Å². The van der Waals surface area contributed by atoms with Crippen molar-refractivity contribution in [2.75, 3.05) is 0 Å². The lowest BCUT2D eigenvalue weighted by Gasteiger charge is -2.08. The second-order valence-electron chi connectivity index (χ2n) is 3.63. The number of aromatic nitrogens is 1. The summed E-state index contributed by atoms with van der Waals surface area (Å²) in [6, 6.07) is 7.78. The maximum Gasteiger partial charge on any atom is 0.138 e. The van der Waals surface area contributed by atoms with Gasteiger partial charge in [-0.05, 0) is 24.3 Å². The van der Waals surface area contributed by atoms with Gasteiger partial charge in [0.05, 0.1) is 23.5 Å². The summed E-state index contributed by atoms with van der Waals surface area (Å²) >= 11 is 5.87. The Morgan fingerprint density at radius 1 is 1.28 bits per heavy atom. The molecule has 0 unspecified atom stereocenters. The van der Waals surface area contributed by atoms with Gasteiger partial charge in [-0.25, -0.2) is 4.39 Å². The zero-order valence-electron chi connectivity index (χ0n) is 9.44. The summed E-state index contributed by atoms with van der Waals surface area (Å²) in [5.74, 6) is 0.0916. The van der Waals surface area contributed by atoms with E-state index in [2.05, 4.69) is 4.98 Å². The van der Waals surface area contributed by atoms with Crippen LogP contribution in [-0.4, -0.2) is 10.1 Å². The van der Waals surface area contributed by atoms with Crippen molar-refractivity contribution in [3.63, 3.8) is 0 Å². The van der Waals surface area contributed by atoms with Crippen LogP contribution in [0.4, 0.5) is 4.39 Å². The molecule has 0 atom stereocenters. The highest BCUT2D eigenvalue weighted by molar-refractivity contribution is 6.31. The summed E-state index contributed by atoms with van der Waals surface area (Å²) in [7, 11) is 0. The fourth-order valence-corrected chi connectivity index (χ4v) is 1.63. The molecule has 5 heteroatoms. The third-order valence-electron chi connectivity index (χ3n) is 2.40. The van der Waals surface area contributed by atoms with Crippen molar-refractivity contribution < 1.29 is 14.2 Å². The zero-order chi connectivity index (χ0) is 13.0. The Morgan fingerprint density at radius 2 is 2.11 bits per heavy atom. The summed E-state index contributed by atoms with van der Waals surface area (Å²) in [6.45, 7) is -0.0922. The van der Waals surface area contributed by atoms with Crippen LogP contribution >= 0.6 is 11.6 Å². The SMILES string of the molecule is OCc1ccc(OCc2c(F)cccc2Cl)cn1. The number of benzene rings is 1. The third kappa shape index (κ3) is 2.97. The van der Waals surface area contributed by atoms with Crippen LogP contribution in [0.3, 0.4) is 0 Å². The van der Waals surface area contributed by atoms with Gasteiger partial charge in [0.2, 0.25) is 0 Å². The first-order chi connectivity index (χ1) is 8.70. The maximum absolute atomic E-state index is 13.5. The Balaban J connectivity index is 2.06. The van der Waals surface area contributed by atoms with Gasteiger partial charge in [0, 0.05) is 5.56 Å². The summed E-state index contributed by atoms with van der Waals surface area (Å²) in [6.07, 6.45) is 1.47. The van der Waals surface area contributed by atoms with Crippen molar-refractivity contribution in [2.45, 2.75) is 13.2 Å². The molecule has 94 valence electrons. The molecule has 1 aromatic heterocycles. The highest BCUT2D eigenvalue weighted by Crippen LogP contribution is 2.21. The summed E-state index contributed by atoms with van der Waals surface area (Å²) in [4.78, 5) is 3.95. The molecule has 0 radical (unpaired) electrons. The standard InChI is InChI=1S/C13H11ClFNO2/c14-12-2-1-3-13(15)11(12)8-18-10-5-4-9(7-17)16-6-10/h1-6,17H,7-8H2. The number of ether oxygens (including phenoxy) is 1. The molecule has 0 amide bonds. The molecule has 18 heavy (non-hydrogen) atoms. The fourth-order valence-electron chi connectivity index (χ4n) is 1.42. The van der Waals surface area contributed by atoms with Crippen LogP contribution in [0.1, 0.15) is 11.3 Å². The average Bonchev–Trinajstić information content (AvgIpc) is 2.39. The Morgan fingerprint density at radius 3 is 2.72 bits per heavy atom. The molecule has 0 aliphatic heterocycles. The molecular formula is C13H11ClFNO2. The van der Waals surface area contributed by atoms with Crippen molar-refractivity contribution in [3.05, 3.63) is 58.6 Å². The average molecular weight is 268 g/mol. The van der Waals surface area contributed by atoms with Gasteiger partial charge in [-0.3, -0.25) is 4.98 Å². The van der Waals surface area contributed by atoms with Crippen LogP contribution < -0.4 is 4.74 Å². The highest BCUT2D eigenvalue weighted by Gasteiger charge is 2.07. The van der Waals surface area contributed by atoms with E-state index in [4.69, 9.17) is 21.4 Å². The molecule has 0 saturated carbocycles. The minimum absolute atomic E-state index is 0.0334. The molecule has 2 rings (SSSR count). The topological polar surface area (TPSA) is 42.4 Å². The quantitative estimate of drug-likeness (QED) is 0.926. The van der Waals surface area contributed by atoms with Crippen molar-refractivity contribution >= 4 is 11.6 Å². The van der Waals surface area contributed by atoms with E-state index in [0.717, 1.165) is 0 Å². The first kappa shape index (κ1) is 12.8. The van der Waals surface area contributed by atoms with Gasteiger partial charge in [0.25, 0.3) is 0 Å². The number of aliphatic hydroxyl groups is 1. The predicted octanol–water partition coefficient (Wildman–Crippen LogP) is 2.95. The molecule has 0 spiro atoms. The van der Waals surface area contributed by atoms with Crippen molar-refractivity contribution in [1.29, 1.82) is 0 Å². The van der Waals surface area contributed by atoms with Gasteiger partial charge in [-0.2, -0.15) is 0 Å². The number of aliphatic hydroxyl groups excluding tert-OH is 1. The van der Waals surface area contributed by atoms with Crippen molar-refractivity contribution in [2.24, 2.45) is 0 Å². The molecule has 0 bridgehead atoms. The molecule has 3 nitrogen and oxygen atoms in total. The van der Waals surface area contributed by atoms with E-state index in [0.29, 0.717) is 22.0 Å². The molecule has 0 aliphatic carbocycles. The van der Waals surface area contributed by atoms with E-state index in [9.17, 15) is 4.39 Å². The van der Waals surface area contributed by atoms with Crippen molar-refractivity contribution in [3.8, 4) is 5.75 Å². The van der Waals surface area contributed by atoms with Crippen LogP contribution in [0.25, 0.3) is 0 Å². The van der Waals surface area contributed by atoms with Gasteiger partial charge in [-0.15, -0.1) is 0 Å². The Bertz CT molecular complexity index is 511. The van der Waals surface area contributed by atoms with Crippen LogP contribution in [0, 0.1) is 5.82 Å². The number of hydrogen-bond donors (Lipinski definition) is 1. The number of pyridine rings is 1. The maximum atomic E-state index is 13.5. The van der Waals surface area contributed by atoms with E-state index in [1.54, 1.807) is 24.3 Å². The number of halogens is 2. The van der Waals surface area contributed by atoms with Crippen LogP contribution in [-0.2, 0) is 13.2 Å². The summed E-state index contributed by atoms with van der Waals surface area (Å²) < 4.78 is 18.8. The van der Waals surface area contributed by atoms with Gasteiger partial charge in [0.15, 0.2) is 0 Å². The van der Waals surface area contributed by atoms with E-state index >= 15 is 0 Å². The van der Waals surface area contributed by atoms with E-state index in [1.165, 1.54) is 12.3 Å². The molecule has 0 aliphatic rings. The van der Waals surface area contributed by atoms with Gasteiger partial charge in [-0.1, -0.05) is 17.7 Å². The van der Waals surface area contributed by atoms with Gasteiger partial charge >= 0.3 is 0 Å². The first-order valence-corrected chi connectivity index (χ1v) is 5.70. The smallest absolute Gasteiger partial charge is 0.138 e. The predicted molar refractivity (Wildman–Crippen MR) is 65.9 cm³/mol. The lowest BCUT2D eigenvalue weighted by atomic mass is 10.2. The van der Waals surface area contributed by atoms with Gasteiger partial charge in [0.1, 0.15) is 18.2 Å². The Kier molecular flexibility index (Phi) is 4.12. The third-order valence-corrected chi connectivity index (χ3v) is 2.76. The molecule has 0 fully saturated rings. The molecule has 1 heterocycles. The summed E-state index contributed by atoms with van der Waals surface area (Å²) in [5, 5.41) is 9.17. The number of rotatable bonds is 4. The fraction of sp³-hybridized carbons (Fsp3) is 0.154. The van der Waals surface area contributed by atoms with E-state index < -0.39 is 5.82 Å². The highest BCUT2D eigenvalue weighted by atomic mass is 35.5. The molecule has 1 N–H and O–H groups in total. The Hall–Kier alpha value is -1.65. The van der Waals surface area contributed by atoms with Crippen LogP contribution in [0.2, 0.25) is 5.02 Å². The van der Waals surface area contributed by atoms with Crippen LogP contribution in [0.5, 0.6) is 5.75 Å². The molecule has 0 saturated heterocycles. The lowest BCUT2D eigenvalue weighted by Crippen LogP contribution is -2.00. The lowest BCUT2D eigenvalue weighted by molar-refractivity contribution is 0.274. The largest absolute Gasteiger partial charge is 0.487 e. The minimum atomic E-state index is -0.401. The van der Waals surface area contributed by atoms with E-state index in [1.807, 2.05) is 0 Å². The normalized spacial score (nSPS) is 10.4. The summed E-state index contributed by atoms with van der Waals surface area (Å²) in [5.41, 5.74) is 0.858. The molecular weight excluding hydrogens is 257 g/mol. The molecule has 2 aromatic rings. The van der Waals surface area contributed by atoms with Crippen LogP contribution in [0.15, 0.2) is 36.5 Å². The first-order valence-electron chi connectivity index (χ1n) is 5.32. The Labute approximate surface area is 109 Å². The number of hydrogen-bond acceptors (Lipinski definition) is 3. The monoisotopic (exact) mass is 267 g/mol. The second-order valence-corrected chi connectivity index (χ2v) is 4.04. The second kappa shape index (κ2) is 5.80. The molecule has 1 aromatic carbocycles. The number of nitrogens with zero attached hydrogens (tertiary/aromatic N) is 1.